The Bertz CT molecular complexity index is 421. The Morgan fingerprint density at radius 1 is 1.50 bits per heavy atom. The molecule has 0 aromatic heterocycles. The maximum absolute atomic E-state index is 11.9. The van der Waals surface area contributed by atoms with Crippen molar-refractivity contribution >= 4 is 28.9 Å². The van der Waals surface area contributed by atoms with Gasteiger partial charge in [0.15, 0.2) is 0 Å². The van der Waals surface area contributed by atoms with Gasteiger partial charge in [-0.25, -0.2) is 0 Å². The number of hydrogen-bond acceptors (Lipinski definition) is 3. The Balaban J connectivity index is 2.61. The molecule has 0 saturated heterocycles. The fourth-order valence-electron chi connectivity index (χ4n) is 1.67. The van der Waals surface area contributed by atoms with E-state index >= 15 is 0 Å². The van der Waals surface area contributed by atoms with Gasteiger partial charge in [0.05, 0.1) is 17.3 Å². The number of carbonyl (C=O) groups is 1. The molecule has 0 bridgehead atoms. The van der Waals surface area contributed by atoms with Gasteiger partial charge in [0.25, 0.3) is 0 Å². The first-order valence-electron chi connectivity index (χ1n) is 6.03. The summed E-state index contributed by atoms with van der Waals surface area (Å²) in [6, 6.07) is 5.41. The van der Waals surface area contributed by atoms with Gasteiger partial charge in [-0.05, 0) is 38.6 Å². The lowest BCUT2D eigenvalue weighted by Gasteiger charge is -2.23. The molecule has 0 aliphatic heterocycles. The van der Waals surface area contributed by atoms with E-state index in [9.17, 15) is 4.79 Å². The number of benzene rings is 1. The summed E-state index contributed by atoms with van der Waals surface area (Å²) >= 11 is 5.82. The Hall–Kier alpha value is -1.26. The second-order valence-corrected chi connectivity index (χ2v) is 4.85. The molecule has 0 spiro atoms. The van der Waals surface area contributed by atoms with Crippen LogP contribution in [0.4, 0.5) is 11.4 Å². The fourth-order valence-corrected chi connectivity index (χ4v) is 1.78. The van der Waals surface area contributed by atoms with Crippen LogP contribution in [0.5, 0.6) is 0 Å². The molecule has 0 heterocycles. The summed E-state index contributed by atoms with van der Waals surface area (Å²) in [5, 5.41) is 3.30. The van der Waals surface area contributed by atoms with Crippen LogP contribution < -0.4 is 11.1 Å². The predicted molar refractivity (Wildman–Crippen MR) is 76.9 cm³/mol. The minimum absolute atomic E-state index is 0.0488. The number of nitrogens with zero attached hydrogens (tertiary/aromatic N) is 1. The summed E-state index contributed by atoms with van der Waals surface area (Å²) in [6.45, 7) is 7.38. The third-order valence-corrected chi connectivity index (χ3v) is 3.11. The van der Waals surface area contributed by atoms with E-state index in [4.69, 9.17) is 17.3 Å². The molecule has 0 aliphatic carbocycles. The van der Waals surface area contributed by atoms with Crippen molar-refractivity contribution in [3.63, 3.8) is 0 Å². The van der Waals surface area contributed by atoms with E-state index in [0.717, 1.165) is 6.54 Å². The van der Waals surface area contributed by atoms with Gasteiger partial charge in [-0.1, -0.05) is 18.5 Å². The van der Waals surface area contributed by atoms with Crippen LogP contribution in [0.3, 0.4) is 0 Å². The molecule has 0 atom stereocenters. The molecule has 1 amide bonds. The molecule has 100 valence electrons. The second-order valence-electron chi connectivity index (χ2n) is 4.44. The molecule has 1 aromatic rings. The number of carbonyl (C=O) groups excluding carboxylic acids is 1. The summed E-state index contributed by atoms with van der Waals surface area (Å²) in [6.07, 6.45) is 0. The van der Waals surface area contributed by atoms with Crippen LogP contribution in [0, 0.1) is 0 Å². The molecule has 0 unspecified atom stereocenters. The molecule has 18 heavy (non-hydrogen) atoms. The standard InChI is InChI=1S/C13H20ClN3O/c1-4-17(9(2)3)8-13(18)16-10-5-6-11(14)12(15)7-10/h5-7,9H,4,8,15H2,1-3H3,(H,16,18). The Kier molecular flexibility index (Phi) is 5.44. The molecular weight excluding hydrogens is 250 g/mol. The number of hydrogen-bond donors (Lipinski definition) is 2. The number of anilines is 2. The number of nitrogens with two attached hydrogens (primary N) is 1. The van der Waals surface area contributed by atoms with Crippen molar-refractivity contribution in [2.45, 2.75) is 26.8 Å². The first-order chi connectivity index (χ1) is 8.43. The molecule has 1 aromatic carbocycles. The quantitative estimate of drug-likeness (QED) is 0.808. The van der Waals surface area contributed by atoms with Gasteiger partial charge in [0.2, 0.25) is 5.91 Å². The Morgan fingerprint density at radius 3 is 2.67 bits per heavy atom. The zero-order chi connectivity index (χ0) is 13.7. The number of nitrogen functional groups attached to an aromatic ring is 1. The Morgan fingerprint density at radius 2 is 2.17 bits per heavy atom. The third kappa shape index (κ3) is 4.20. The van der Waals surface area contributed by atoms with Crippen molar-refractivity contribution in [3.05, 3.63) is 23.2 Å². The maximum Gasteiger partial charge on any atom is 0.238 e. The highest BCUT2D eigenvalue weighted by atomic mass is 35.5. The van der Waals surface area contributed by atoms with Crippen LogP contribution >= 0.6 is 11.6 Å². The third-order valence-electron chi connectivity index (χ3n) is 2.76. The van der Waals surface area contributed by atoms with Crippen LogP contribution in [0.25, 0.3) is 0 Å². The lowest BCUT2D eigenvalue weighted by atomic mass is 10.2. The smallest absolute Gasteiger partial charge is 0.238 e. The first-order valence-corrected chi connectivity index (χ1v) is 6.40. The maximum atomic E-state index is 11.9. The molecule has 4 nitrogen and oxygen atoms in total. The first kappa shape index (κ1) is 14.8. The van der Waals surface area contributed by atoms with Gasteiger partial charge in [0, 0.05) is 11.7 Å². The molecule has 0 radical (unpaired) electrons. The highest BCUT2D eigenvalue weighted by Crippen LogP contribution is 2.22. The topological polar surface area (TPSA) is 58.4 Å². The number of nitrogens with one attached hydrogen (secondary N) is 1. The van der Waals surface area contributed by atoms with Crippen molar-refractivity contribution in [1.29, 1.82) is 0 Å². The lowest BCUT2D eigenvalue weighted by Crippen LogP contribution is -2.37. The van der Waals surface area contributed by atoms with Crippen LogP contribution in [0.1, 0.15) is 20.8 Å². The zero-order valence-electron chi connectivity index (χ0n) is 11.0. The predicted octanol–water partition coefficient (Wildman–Crippen LogP) is 2.59. The van der Waals surface area contributed by atoms with E-state index in [1.54, 1.807) is 18.2 Å². The van der Waals surface area contributed by atoms with E-state index in [2.05, 4.69) is 24.1 Å². The van der Waals surface area contributed by atoms with Crippen molar-refractivity contribution in [2.75, 3.05) is 24.1 Å². The molecule has 0 fully saturated rings. The average Bonchev–Trinajstić information content (AvgIpc) is 2.30. The van der Waals surface area contributed by atoms with Crippen LogP contribution in [0.15, 0.2) is 18.2 Å². The summed E-state index contributed by atoms with van der Waals surface area (Å²) < 4.78 is 0. The monoisotopic (exact) mass is 269 g/mol. The number of likely N-dealkylation sites (N-methyl/N-ethyl adjacent to an activating group) is 1. The number of halogens is 1. The largest absolute Gasteiger partial charge is 0.397 e. The van der Waals surface area contributed by atoms with Gasteiger partial charge in [-0.3, -0.25) is 9.69 Å². The fraction of sp³-hybridized carbons (Fsp3) is 0.462. The van der Waals surface area contributed by atoms with Crippen molar-refractivity contribution in [2.24, 2.45) is 0 Å². The van der Waals surface area contributed by atoms with Crippen LogP contribution in [0.2, 0.25) is 5.02 Å². The van der Waals surface area contributed by atoms with Gasteiger partial charge in [-0.15, -0.1) is 0 Å². The highest BCUT2D eigenvalue weighted by Gasteiger charge is 2.12. The molecule has 0 aliphatic rings. The van der Waals surface area contributed by atoms with E-state index in [1.165, 1.54) is 0 Å². The summed E-state index contributed by atoms with van der Waals surface area (Å²) in [7, 11) is 0. The SMILES string of the molecule is CCN(CC(=O)Nc1ccc(Cl)c(N)c1)C(C)C. The van der Waals surface area contributed by atoms with Gasteiger partial charge in [0.1, 0.15) is 0 Å². The average molecular weight is 270 g/mol. The molecule has 1 rings (SSSR count). The van der Waals surface area contributed by atoms with E-state index in [0.29, 0.717) is 29.0 Å². The summed E-state index contributed by atoms with van der Waals surface area (Å²) in [4.78, 5) is 13.9. The molecule has 0 saturated carbocycles. The van der Waals surface area contributed by atoms with E-state index in [-0.39, 0.29) is 5.91 Å². The normalized spacial score (nSPS) is 11.0. The number of amides is 1. The minimum atomic E-state index is -0.0488. The summed E-state index contributed by atoms with van der Waals surface area (Å²) in [5.74, 6) is -0.0488. The molecular formula is C13H20ClN3O. The molecule has 3 N–H and O–H groups in total. The molecule has 5 heteroatoms. The zero-order valence-corrected chi connectivity index (χ0v) is 11.8. The minimum Gasteiger partial charge on any atom is -0.397 e. The number of rotatable bonds is 5. The lowest BCUT2D eigenvalue weighted by molar-refractivity contribution is -0.117. The van der Waals surface area contributed by atoms with Crippen molar-refractivity contribution in [3.8, 4) is 0 Å². The Labute approximate surface area is 113 Å². The van der Waals surface area contributed by atoms with Crippen LogP contribution in [-0.4, -0.2) is 29.9 Å². The van der Waals surface area contributed by atoms with Gasteiger partial charge < -0.3 is 11.1 Å². The van der Waals surface area contributed by atoms with E-state index < -0.39 is 0 Å². The van der Waals surface area contributed by atoms with Gasteiger partial charge in [-0.2, -0.15) is 0 Å². The van der Waals surface area contributed by atoms with Crippen LogP contribution in [-0.2, 0) is 4.79 Å². The second kappa shape index (κ2) is 6.61. The van der Waals surface area contributed by atoms with Gasteiger partial charge >= 0.3 is 0 Å². The van der Waals surface area contributed by atoms with E-state index in [1.807, 2.05) is 6.92 Å². The van der Waals surface area contributed by atoms with Crippen molar-refractivity contribution < 1.29 is 4.79 Å². The summed E-state index contributed by atoms with van der Waals surface area (Å²) in [5.41, 5.74) is 6.81. The highest BCUT2D eigenvalue weighted by molar-refractivity contribution is 6.33. The van der Waals surface area contributed by atoms with Crippen molar-refractivity contribution in [1.82, 2.24) is 4.90 Å².